The summed E-state index contributed by atoms with van der Waals surface area (Å²) in [5, 5.41) is 11.4. The fourth-order valence-electron chi connectivity index (χ4n) is 3.27. The van der Waals surface area contributed by atoms with Crippen molar-refractivity contribution in [1.82, 2.24) is 0 Å². The molecule has 1 fully saturated rings. The second kappa shape index (κ2) is 6.67. The van der Waals surface area contributed by atoms with Crippen molar-refractivity contribution in [2.24, 2.45) is 5.92 Å². The molecular formula is C19H22OS. The maximum Gasteiger partial charge on any atom is 0.0595 e. The van der Waals surface area contributed by atoms with Gasteiger partial charge in [-0.3, -0.25) is 0 Å². The first kappa shape index (κ1) is 14.7. The van der Waals surface area contributed by atoms with Gasteiger partial charge in [0, 0.05) is 16.4 Å². The Morgan fingerprint density at radius 3 is 2.10 bits per heavy atom. The molecule has 0 unspecified atom stereocenters. The third-order valence-electron chi connectivity index (χ3n) is 4.42. The summed E-state index contributed by atoms with van der Waals surface area (Å²) in [6.07, 6.45) is 1.66. The van der Waals surface area contributed by atoms with Crippen molar-refractivity contribution in [2.45, 2.75) is 36.4 Å². The summed E-state index contributed by atoms with van der Waals surface area (Å²) in [7, 11) is 0. The lowest BCUT2D eigenvalue weighted by Crippen LogP contribution is -2.31. The maximum atomic E-state index is 10.6. The zero-order chi connectivity index (χ0) is 14.7. The van der Waals surface area contributed by atoms with E-state index in [0.717, 1.165) is 12.8 Å². The molecule has 0 saturated carbocycles. The molecule has 4 atom stereocenters. The predicted octanol–water partition coefficient (Wildman–Crippen LogP) is 4.99. The Bertz CT molecular complexity index is 554. The molecule has 0 aliphatic carbocycles. The van der Waals surface area contributed by atoms with Gasteiger partial charge in [-0.1, -0.05) is 67.6 Å². The summed E-state index contributed by atoms with van der Waals surface area (Å²) in [5.74, 6) is 0.345. The average Bonchev–Trinajstić information content (AvgIpc) is 2.55. The largest absolute Gasteiger partial charge is 0.393 e. The van der Waals surface area contributed by atoms with Gasteiger partial charge in [-0.2, -0.15) is 0 Å². The molecule has 0 spiro atoms. The minimum Gasteiger partial charge on any atom is -0.393 e. The first-order valence-corrected chi connectivity index (χ1v) is 8.67. The lowest BCUT2D eigenvalue weighted by atomic mass is 9.87. The molecular weight excluding hydrogens is 276 g/mol. The Balaban J connectivity index is 1.89. The van der Waals surface area contributed by atoms with Crippen LogP contribution in [0.15, 0.2) is 60.7 Å². The maximum absolute atomic E-state index is 10.6. The second-order valence-electron chi connectivity index (χ2n) is 5.74. The van der Waals surface area contributed by atoms with Crippen LogP contribution in [0.25, 0.3) is 0 Å². The van der Waals surface area contributed by atoms with Gasteiger partial charge in [-0.15, -0.1) is 11.8 Å². The van der Waals surface area contributed by atoms with Gasteiger partial charge in [0.05, 0.1) is 6.10 Å². The normalized spacial score (nSPS) is 29.2. The van der Waals surface area contributed by atoms with E-state index in [-0.39, 0.29) is 6.10 Å². The van der Waals surface area contributed by atoms with Gasteiger partial charge < -0.3 is 5.11 Å². The van der Waals surface area contributed by atoms with Crippen LogP contribution in [0, 0.1) is 5.92 Å². The zero-order valence-corrected chi connectivity index (χ0v) is 13.2. The van der Waals surface area contributed by atoms with Crippen molar-refractivity contribution in [3.8, 4) is 0 Å². The van der Waals surface area contributed by atoms with E-state index >= 15 is 0 Å². The molecule has 3 rings (SSSR count). The van der Waals surface area contributed by atoms with Gasteiger partial charge in [0.25, 0.3) is 0 Å². The molecule has 1 saturated heterocycles. The van der Waals surface area contributed by atoms with Crippen LogP contribution in [-0.4, -0.2) is 11.2 Å². The number of aliphatic hydroxyl groups is 1. The summed E-state index contributed by atoms with van der Waals surface area (Å²) < 4.78 is 0. The van der Waals surface area contributed by atoms with E-state index in [1.165, 1.54) is 11.1 Å². The highest BCUT2D eigenvalue weighted by Crippen LogP contribution is 2.53. The molecule has 110 valence electrons. The van der Waals surface area contributed by atoms with Crippen molar-refractivity contribution in [3.05, 3.63) is 71.8 Å². The molecule has 1 heterocycles. The number of benzene rings is 2. The van der Waals surface area contributed by atoms with E-state index in [1.807, 2.05) is 11.8 Å². The Morgan fingerprint density at radius 1 is 0.952 bits per heavy atom. The second-order valence-corrected chi connectivity index (χ2v) is 7.09. The SMILES string of the molecule is CC[C@H]1[C@H](O)C[C@H](c2ccccc2)S[C@@H]1c1ccccc1. The van der Waals surface area contributed by atoms with Crippen LogP contribution in [-0.2, 0) is 0 Å². The molecule has 1 aliphatic heterocycles. The van der Waals surface area contributed by atoms with Gasteiger partial charge in [-0.25, -0.2) is 0 Å². The van der Waals surface area contributed by atoms with Crippen LogP contribution in [0.3, 0.4) is 0 Å². The molecule has 2 aromatic carbocycles. The van der Waals surface area contributed by atoms with Crippen molar-refractivity contribution < 1.29 is 5.11 Å². The first-order chi connectivity index (χ1) is 10.3. The quantitative estimate of drug-likeness (QED) is 0.861. The highest BCUT2D eigenvalue weighted by molar-refractivity contribution is 7.99. The first-order valence-electron chi connectivity index (χ1n) is 7.73. The Kier molecular flexibility index (Phi) is 4.67. The van der Waals surface area contributed by atoms with Gasteiger partial charge in [-0.05, 0) is 24.0 Å². The molecule has 2 heteroatoms. The molecule has 0 aromatic heterocycles. The summed E-state index contributed by atoms with van der Waals surface area (Å²) in [4.78, 5) is 0. The van der Waals surface area contributed by atoms with E-state index in [1.54, 1.807) is 0 Å². The topological polar surface area (TPSA) is 20.2 Å². The van der Waals surface area contributed by atoms with Gasteiger partial charge in [0.2, 0.25) is 0 Å². The minimum atomic E-state index is -0.216. The van der Waals surface area contributed by atoms with Crippen LogP contribution in [0.4, 0.5) is 0 Å². The van der Waals surface area contributed by atoms with Crippen molar-refractivity contribution >= 4 is 11.8 Å². The highest BCUT2D eigenvalue weighted by Gasteiger charge is 2.37. The van der Waals surface area contributed by atoms with Crippen LogP contribution in [0.5, 0.6) is 0 Å². The van der Waals surface area contributed by atoms with E-state index in [9.17, 15) is 5.11 Å². The lowest BCUT2D eigenvalue weighted by Gasteiger charge is -2.39. The highest BCUT2D eigenvalue weighted by atomic mass is 32.2. The van der Waals surface area contributed by atoms with Crippen LogP contribution in [0.2, 0.25) is 0 Å². The van der Waals surface area contributed by atoms with Crippen LogP contribution in [0.1, 0.15) is 41.4 Å². The van der Waals surface area contributed by atoms with Crippen LogP contribution < -0.4 is 0 Å². The number of thioether (sulfide) groups is 1. The van der Waals surface area contributed by atoms with E-state index in [4.69, 9.17) is 0 Å². The Labute approximate surface area is 131 Å². The predicted molar refractivity (Wildman–Crippen MR) is 90.4 cm³/mol. The molecule has 0 amide bonds. The van der Waals surface area contributed by atoms with E-state index in [2.05, 4.69) is 67.6 Å². The Morgan fingerprint density at radius 2 is 1.52 bits per heavy atom. The summed E-state index contributed by atoms with van der Waals surface area (Å²) in [6, 6.07) is 21.2. The average molecular weight is 298 g/mol. The van der Waals surface area contributed by atoms with Gasteiger partial charge in [0.15, 0.2) is 0 Å². The Hall–Kier alpha value is -1.25. The third kappa shape index (κ3) is 3.17. The summed E-state index contributed by atoms with van der Waals surface area (Å²) >= 11 is 2.01. The minimum absolute atomic E-state index is 0.216. The van der Waals surface area contributed by atoms with Gasteiger partial charge >= 0.3 is 0 Å². The van der Waals surface area contributed by atoms with Crippen molar-refractivity contribution in [2.75, 3.05) is 0 Å². The standard InChI is InChI=1S/C19H22OS/c1-2-16-17(20)13-18(14-9-5-3-6-10-14)21-19(16)15-11-7-4-8-12-15/h3-12,16-20H,2,13H2,1H3/t16-,17+,18+,19+/m0/s1. The number of hydrogen-bond acceptors (Lipinski definition) is 2. The molecule has 21 heavy (non-hydrogen) atoms. The monoisotopic (exact) mass is 298 g/mol. The molecule has 1 N–H and O–H groups in total. The van der Waals surface area contributed by atoms with E-state index in [0.29, 0.717) is 16.4 Å². The molecule has 0 radical (unpaired) electrons. The van der Waals surface area contributed by atoms with Gasteiger partial charge in [0.1, 0.15) is 0 Å². The molecule has 2 aromatic rings. The third-order valence-corrected chi connectivity index (χ3v) is 6.13. The van der Waals surface area contributed by atoms with E-state index < -0.39 is 0 Å². The summed E-state index contributed by atoms with van der Waals surface area (Å²) in [6.45, 7) is 2.19. The molecule has 0 bridgehead atoms. The van der Waals surface area contributed by atoms with Crippen molar-refractivity contribution in [3.63, 3.8) is 0 Å². The number of hydrogen-bond donors (Lipinski definition) is 1. The number of aliphatic hydroxyl groups excluding tert-OH is 1. The zero-order valence-electron chi connectivity index (χ0n) is 12.4. The fourth-order valence-corrected chi connectivity index (χ4v) is 5.13. The van der Waals surface area contributed by atoms with Crippen LogP contribution >= 0.6 is 11.8 Å². The van der Waals surface area contributed by atoms with Crippen molar-refractivity contribution in [1.29, 1.82) is 0 Å². The lowest BCUT2D eigenvalue weighted by molar-refractivity contribution is 0.0880. The fraction of sp³-hybridized carbons (Fsp3) is 0.368. The molecule has 1 nitrogen and oxygen atoms in total. The summed E-state index contributed by atoms with van der Waals surface area (Å²) in [5.41, 5.74) is 2.67. The number of rotatable bonds is 3. The molecule has 1 aliphatic rings. The smallest absolute Gasteiger partial charge is 0.0595 e.